The van der Waals surface area contributed by atoms with Gasteiger partial charge in [-0.3, -0.25) is 4.57 Å². The first-order valence-electron chi connectivity index (χ1n) is 8.49. The first-order chi connectivity index (χ1) is 12.4. The van der Waals surface area contributed by atoms with E-state index in [0.29, 0.717) is 0 Å². The summed E-state index contributed by atoms with van der Waals surface area (Å²) in [6, 6.07) is 28.1. The van der Waals surface area contributed by atoms with Crippen molar-refractivity contribution in [1.82, 2.24) is 9.55 Å². The molecule has 0 radical (unpaired) electrons. The second-order valence-corrected chi connectivity index (χ2v) is 6.54. The molecule has 116 valence electrons. The Hall–Kier alpha value is -3.39. The van der Waals surface area contributed by atoms with E-state index in [2.05, 4.69) is 82.3 Å². The van der Waals surface area contributed by atoms with Crippen LogP contribution in [0.2, 0.25) is 0 Å². The summed E-state index contributed by atoms with van der Waals surface area (Å²) in [7, 11) is 0. The smallest absolute Gasteiger partial charge is 0.100 e. The van der Waals surface area contributed by atoms with Crippen LogP contribution in [0.5, 0.6) is 0 Å². The van der Waals surface area contributed by atoms with Crippen molar-refractivity contribution in [1.29, 1.82) is 0 Å². The Balaban J connectivity index is 1.82. The van der Waals surface area contributed by atoms with Gasteiger partial charge in [-0.15, -0.1) is 0 Å². The van der Waals surface area contributed by atoms with Crippen molar-refractivity contribution in [3.8, 4) is 5.69 Å². The van der Waals surface area contributed by atoms with Gasteiger partial charge in [0.25, 0.3) is 0 Å². The van der Waals surface area contributed by atoms with Crippen LogP contribution in [0, 0.1) is 0 Å². The van der Waals surface area contributed by atoms with Crippen molar-refractivity contribution in [3.05, 3.63) is 85.2 Å². The van der Waals surface area contributed by atoms with E-state index in [-0.39, 0.29) is 0 Å². The largest absolute Gasteiger partial charge is 0.298 e. The molecule has 5 aromatic carbocycles. The summed E-state index contributed by atoms with van der Waals surface area (Å²) in [6.45, 7) is 0. The van der Waals surface area contributed by atoms with Crippen LogP contribution in [0.25, 0.3) is 49.0 Å². The van der Waals surface area contributed by atoms with Gasteiger partial charge in [0.15, 0.2) is 0 Å². The van der Waals surface area contributed by atoms with Crippen molar-refractivity contribution < 1.29 is 0 Å². The highest BCUT2D eigenvalue weighted by atomic mass is 15.0. The Labute approximate surface area is 144 Å². The molecule has 1 heterocycles. The van der Waals surface area contributed by atoms with E-state index in [1.807, 2.05) is 12.4 Å². The minimum atomic E-state index is 1.02. The lowest BCUT2D eigenvalue weighted by Gasteiger charge is -2.14. The molecular weight excluding hydrogens is 304 g/mol. The first kappa shape index (κ1) is 13.0. The molecule has 0 spiro atoms. The maximum absolute atomic E-state index is 4.57. The van der Waals surface area contributed by atoms with E-state index in [1.54, 1.807) is 0 Å². The lowest BCUT2D eigenvalue weighted by molar-refractivity contribution is 1.11. The molecular formula is C23H14N2. The molecule has 0 aliphatic heterocycles. The number of para-hydroxylation sites is 2. The highest BCUT2D eigenvalue weighted by molar-refractivity contribution is 6.24. The zero-order valence-corrected chi connectivity index (χ0v) is 13.5. The van der Waals surface area contributed by atoms with Gasteiger partial charge < -0.3 is 0 Å². The molecule has 0 N–H and O–H groups in total. The summed E-state index contributed by atoms with van der Waals surface area (Å²) in [5, 5.41) is 7.83. The predicted octanol–water partition coefficient (Wildman–Crippen LogP) is 5.92. The van der Waals surface area contributed by atoms with Crippen LogP contribution in [0.3, 0.4) is 0 Å². The summed E-state index contributed by atoms with van der Waals surface area (Å²) in [6.07, 6.45) is 1.93. The summed E-state index contributed by atoms with van der Waals surface area (Å²) >= 11 is 0. The molecule has 6 rings (SSSR count). The van der Waals surface area contributed by atoms with Crippen LogP contribution in [0.15, 0.2) is 85.2 Å². The van der Waals surface area contributed by atoms with E-state index in [1.165, 1.54) is 38.0 Å². The van der Waals surface area contributed by atoms with Gasteiger partial charge >= 0.3 is 0 Å². The van der Waals surface area contributed by atoms with E-state index >= 15 is 0 Å². The summed E-state index contributed by atoms with van der Waals surface area (Å²) in [4.78, 5) is 4.57. The van der Waals surface area contributed by atoms with Gasteiger partial charge in [-0.05, 0) is 45.1 Å². The topological polar surface area (TPSA) is 17.8 Å². The lowest BCUT2D eigenvalue weighted by atomic mass is 9.93. The molecule has 2 heteroatoms. The second-order valence-electron chi connectivity index (χ2n) is 6.54. The number of hydrogen-bond donors (Lipinski definition) is 0. The van der Waals surface area contributed by atoms with Crippen LogP contribution in [-0.2, 0) is 0 Å². The Bertz CT molecular complexity index is 1380. The molecule has 2 nitrogen and oxygen atoms in total. The fraction of sp³-hybridized carbons (Fsp3) is 0. The quantitative estimate of drug-likeness (QED) is 0.344. The average Bonchev–Trinajstić information content (AvgIpc) is 3.10. The Kier molecular flexibility index (Phi) is 2.37. The van der Waals surface area contributed by atoms with Crippen LogP contribution in [0.4, 0.5) is 0 Å². The predicted molar refractivity (Wildman–Crippen MR) is 105 cm³/mol. The van der Waals surface area contributed by atoms with E-state index < -0.39 is 0 Å². The third kappa shape index (κ3) is 1.66. The summed E-state index contributed by atoms with van der Waals surface area (Å²) in [5.41, 5.74) is 3.34. The SMILES string of the molecule is c1cc2ccc3ccc(-n4cnc5ccccc54)c4ccc(c1)c2c34. The maximum atomic E-state index is 4.57. The van der Waals surface area contributed by atoms with Gasteiger partial charge in [-0.1, -0.05) is 60.7 Å². The number of imidazole rings is 1. The lowest BCUT2D eigenvalue weighted by Crippen LogP contribution is -1.94. The first-order valence-corrected chi connectivity index (χ1v) is 8.49. The van der Waals surface area contributed by atoms with Crippen molar-refractivity contribution in [2.75, 3.05) is 0 Å². The molecule has 0 bridgehead atoms. The van der Waals surface area contributed by atoms with Gasteiger partial charge in [-0.2, -0.15) is 0 Å². The zero-order valence-electron chi connectivity index (χ0n) is 13.5. The van der Waals surface area contributed by atoms with E-state index in [4.69, 9.17) is 0 Å². The van der Waals surface area contributed by atoms with Gasteiger partial charge in [0, 0.05) is 5.39 Å². The Morgan fingerprint density at radius 2 is 1.32 bits per heavy atom. The third-order valence-electron chi connectivity index (χ3n) is 5.22. The number of aromatic nitrogens is 2. The van der Waals surface area contributed by atoms with Crippen molar-refractivity contribution in [2.24, 2.45) is 0 Å². The average molecular weight is 318 g/mol. The monoisotopic (exact) mass is 318 g/mol. The third-order valence-corrected chi connectivity index (χ3v) is 5.22. The molecule has 0 atom stereocenters. The van der Waals surface area contributed by atoms with Gasteiger partial charge in [-0.25, -0.2) is 4.98 Å². The van der Waals surface area contributed by atoms with Crippen LogP contribution in [-0.4, -0.2) is 9.55 Å². The number of fused-ring (bicyclic) bond motifs is 1. The van der Waals surface area contributed by atoms with E-state index in [9.17, 15) is 0 Å². The van der Waals surface area contributed by atoms with E-state index in [0.717, 1.165) is 11.0 Å². The standard InChI is InChI=1S/C23H14N2/c1-2-7-21-19(6-1)24-14-25(21)20-13-11-17-9-8-15-4-3-5-16-10-12-18(20)23(17)22(15)16/h1-14H. The highest BCUT2D eigenvalue weighted by Crippen LogP contribution is 2.37. The molecule has 0 fully saturated rings. The molecule has 0 saturated heterocycles. The maximum Gasteiger partial charge on any atom is 0.100 e. The van der Waals surface area contributed by atoms with Crippen molar-refractivity contribution in [2.45, 2.75) is 0 Å². The molecule has 25 heavy (non-hydrogen) atoms. The molecule has 0 amide bonds. The minimum Gasteiger partial charge on any atom is -0.298 e. The summed E-state index contributed by atoms with van der Waals surface area (Å²) in [5.74, 6) is 0. The number of rotatable bonds is 1. The Morgan fingerprint density at radius 3 is 2.20 bits per heavy atom. The number of hydrogen-bond acceptors (Lipinski definition) is 1. The molecule has 0 unspecified atom stereocenters. The second kappa shape index (κ2) is 4.58. The number of benzene rings is 5. The van der Waals surface area contributed by atoms with Gasteiger partial charge in [0.05, 0.1) is 16.7 Å². The van der Waals surface area contributed by atoms with Gasteiger partial charge in [0.1, 0.15) is 6.33 Å². The van der Waals surface area contributed by atoms with Crippen molar-refractivity contribution >= 4 is 43.4 Å². The van der Waals surface area contributed by atoms with Crippen molar-refractivity contribution in [3.63, 3.8) is 0 Å². The van der Waals surface area contributed by atoms with Crippen LogP contribution < -0.4 is 0 Å². The normalized spacial score (nSPS) is 12.0. The van der Waals surface area contributed by atoms with Gasteiger partial charge in [0.2, 0.25) is 0 Å². The fourth-order valence-electron chi connectivity index (χ4n) is 4.08. The summed E-state index contributed by atoms with van der Waals surface area (Å²) < 4.78 is 2.20. The molecule has 0 aliphatic rings. The molecule has 0 saturated carbocycles. The minimum absolute atomic E-state index is 1.02. The highest BCUT2D eigenvalue weighted by Gasteiger charge is 2.13. The Morgan fingerprint density at radius 1 is 0.600 bits per heavy atom. The molecule has 6 aromatic rings. The van der Waals surface area contributed by atoms with Crippen LogP contribution in [0.1, 0.15) is 0 Å². The molecule has 0 aliphatic carbocycles. The molecule has 1 aromatic heterocycles. The number of nitrogens with zero attached hydrogens (tertiary/aromatic N) is 2. The zero-order chi connectivity index (χ0) is 16.4. The van der Waals surface area contributed by atoms with Crippen LogP contribution >= 0.6 is 0 Å². The fourth-order valence-corrected chi connectivity index (χ4v) is 4.08.